The van der Waals surface area contributed by atoms with E-state index in [1.165, 1.54) is 0 Å². The normalized spacial score (nSPS) is 15.2. The van der Waals surface area contributed by atoms with Crippen LogP contribution in [-0.4, -0.2) is 70.2 Å². The van der Waals surface area contributed by atoms with Gasteiger partial charge in [0.05, 0.1) is 21.4 Å². The van der Waals surface area contributed by atoms with E-state index in [-0.39, 0.29) is 5.91 Å². The number of aryl methyl sites for hydroxylation is 1. The number of fused-ring (bicyclic) bond motifs is 1. The summed E-state index contributed by atoms with van der Waals surface area (Å²) in [4.78, 5) is 21.2. The van der Waals surface area contributed by atoms with Crippen LogP contribution in [0.5, 0.6) is 5.88 Å². The number of thiazole rings is 1. The number of hydrogen-bond acceptors (Lipinski definition) is 7. The molecule has 3 heterocycles. The monoisotopic (exact) mass is 383 g/mol. The number of piperazine rings is 1. The summed E-state index contributed by atoms with van der Waals surface area (Å²) in [6.07, 6.45) is 0. The van der Waals surface area contributed by atoms with Gasteiger partial charge < -0.3 is 9.64 Å². The van der Waals surface area contributed by atoms with E-state index in [9.17, 15) is 4.79 Å². The van der Waals surface area contributed by atoms with Crippen molar-refractivity contribution in [3.05, 3.63) is 47.1 Å². The molecule has 1 aliphatic rings. The van der Waals surface area contributed by atoms with Gasteiger partial charge >= 0.3 is 0 Å². The lowest BCUT2D eigenvalue weighted by Gasteiger charge is -2.34. The van der Waals surface area contributed by atoms with Crippen LogP contribution in [0.25, 0.3) is 10.2 Å². The van der Waals surface area contributed by atoms with Gasteiger partial charge in [0.15, 0.2) is 0 Å². The zero-order valence-corrected chi connectivity index (χ0v) is 16.0. The Labute approximate surface area is 161 Å². The van der Waals surface area contributed by atoms with Crippen molar-refractivity contribution in [2.75, 3.05) is 39.3 Å². The first-order valence-electron chi connectivity index (χ1n) is 8.97. The average molecular weight is 383 g/mol. The summed E-state index contributed by atoms with van der Waals surface area (Å²) in [6, 6.07) is 9.45. The number of carbonyl (C=O) groups excluding carboxylic acids is 1. The van der Waals surface area contributed by atoms with E-state index in [1.807, 2.05) is 47.7 Å². The number of benzene rings is 1. The molecule has 1 aliphatic heterocycles. The Hall–Kier alpha value is -2.58. The molecule has 0 N–H and O–H groups in total. The molecule has 4 rings (SSSR count). The van der Waals surface area contributed by atoms with Gasteiger partial charge in [0.25, 0.3) is 5.91 Å². The number of aromatic nitrogens is 3. The molecule has 140 valence electrons. The molecule has 0 spiro atoms. The van der Waals surface area contributed by atoms with E-state index in [0.29, 0.717) is 12.5 Å². The molecule has 0 unspecified atom stereocenters. The van der Waals surface area contributed by atoms with Crippen molar-refractivity contribution in [3.8, 4) is 5.88 Å². The second-order valence-electron chi connectivity index (χ2n) is 6.53. The zero-order chi connectivity index (χ0) is 18.6. The number of carbonyl (C=O) groups is 1. The Morgan fingerprint density at radius 3 is 2.78 bits per heavy atom. The summed E-state index contributed by atoms with van der Waals surface area (Å²) in [5.41, 5.74) is 4.36. The number of nitrogens with zero attached hydrogens (tertiary/aromatic N) is 5. The van der Waals surface area contributed by atoms with E-state index < -0.39 is 0 Å². The standard InChI is InChI=1S/C19H21N5O2S/c1-14-2-5-18(22-21-14)26-11-10-23-6-8-24(9-7-23)19(25)15-3-4-16-17(12-15)27-13-20-16/h2-5,12-13H,6-11H2,1H3. The van der Waals surface area contributed by atoms with Crippen LogP contribution in [-0.2, 0) is 0 Å². The lowest BCUT2D eigenvalue weighted by molar-refractivity contribution is 0.0619. The number of ether oxygens (including phenoxy) is 1. The van der Waals surface area contributed by atoms with Crippen molar-refractivity contribution in [2.45, 2.75) is 6.92 Å². The fourth-order valence-electron chi connectivity index (χ4n) is 3.09. The molecular formula is C19H21N5O2S. The molecule has 2 aromatic heterocycles. The van der Waals surface area contributed by atoms with Crippen molar-refractivity contribution < 1.29 is 9.53 Å². The number of rotatable bonds is 5. The summed E-state index contributed by atoms with van der Waals surface area (Å²) < 4.78 is 6.69. The second kappa shape index (κ2) is 7.98. The fraction of sp³-hybridized carbons (Fsp3) is 0.368. The van der Waals surface area contributed by atoms with Crippen LogP contribution in [0.3, 0.4) is 0 Å². The third-order valence-corrected chi connectivity index (χ3v) is 5.46. The molecule has 0 aliphatic carbocycles. The molecule has 0 atom stereocenters. The highest BCUT2D eigenvalue weighted by Gasteiger charge is 2.22. The van der Waals surface area contributed by atoms with Crippen molar-refractivity contribution >= 4 is 27.5 Å². The lowest BCUT2D eigenvalue weighted by Crippen LogP contribution is -2.49. The Morgan fingerprint density at radius 1 is 1.15 bits per heavy atom. The van der Waals surface area contributed by atoms with Gasteiger partial charge in [-0.15, -0.1) is 16.4 Å². The maximum Gasteiger partial charge on any atom is 0.253 e. The molecule has 0 radical (unpaired) electrons. The molecule has 7 nitrogen and oxygen atoms in total. The van der Waals surface area contributed by atoms with Crippen LogP contribution < -0.4 is 4.74 Å². The fourth-order valence-corrected chi connectivity index (χ4v) is 3.80. The van der Waals surface area contributed by atoms with Crippen LogP contribution >= 0.6 is 11.3 Å². The molecule has 1 aromatic carbocycles. The van der Waals surface area contributed by atoms with Crippen molar-refractivity contribution in [1.82, 2.24) is 25.0 Å². The van der Waals surface area contributed by atoms with Gasteiger partial charge in [-0.3, -0.25) is 9.69 Å². The Bertz CT molecular complexity index is 919. The minimum atomic E-state index is 0.0936. The lowest BCUT2D eigenvalue weighted by atomic mass is 10.1. The van der Waals surface area contributed by atoms with E-state index in [2.05, 4.69) is 20.1 Å². The average Bonchev–Trinajstić information content (AvgIpc) is 3.17. The van der Waals surface area contributed by atoms with Gasteiger partial charge in [0.2, 0.25) is 5.88 Å². The Kier molecular flexibility index (Phi) is 5.26. The van der Waals surface area contributed by atoms with Crippen LogP contribution in [0, 0.1) is 6.92 Å². The van der Waals surface area contributed by atoms with E-state index in [4.69, 9.17) is 4.74 Å². The zero-order valence-electron chi connectivity index (χ0n) is 15.2. The smallest absolute Gasteiger partial charge is 0.253 e. The predicted octanol–water partition coefficient (Wildman–Crippen LogP) is 2.23. The molecule has 3 aromatic rings. The summed E-state index contributed by atoms with van der Waals surface area (Å²) in [5.74, 6) is 0.643. The first-order chi connectivity index (χ1) is 13.2. The predicted molar refractivity (Wildman–Crippen MR) is 104 cm³/mol. The maximum absolute atomic E-state index is 12.8. The van der Waals surface area contributed by atoms with Crippen LogP contribution in [0.15, 0.2) is 35.8 Å². The van der Waals surface area contributed by atoms with Gasteiger partial charge in [-0.2, -0.15) is 5.10 Å². The van der Waals surface area contributed by atoms with Gasteiger partial charge in [0, 0.05) is 44.4 Å². The van der Waals surface area contributed by atoms with Crippen molar-refractivity contribution in [3.63, 3.8) is 0 Å². The SMILES string of the molecule is Cc1ccc(OCCN2CCN(C(=O)c3ccc4ncsc4c3)CC2)nn1. The van der Waals surface area contributed by atoms with Gasteiger partial charge in [0.1, 0.15) is 6.61 Å². The van der Waals surface area contributed by atoms with E-state index in [1.54, 1.807) is 11.3 Å². The van der Waals surface area contributed by atoms with Crippen LogP contribution in [0.2, 0.25) is 0 Å². The maximum atomic E-state index is 12.8. The Balaban J connectivity index is 1.25. The van der Waals surface area contributed by atoms with Crippen LogP contribution in [0.4, 0.5) is 0 Å². The minimum absolute atomic E-state index is 0.0936. The van der Waals surface area contributed by atoms with E-state index in [0.717, 1.165) is 54.2 Å². The molecule has 1 fully saturated rings. The highest BCUT2D eigenvalue weighted by Crippen LogP contribution is 2.20. The van der Waals surface area contributed by atoms with Gasteiger partial charge in [-0.25, -0.2) is 4.98 Å². The topological polar surface area (TPSA) is 71.5 Å². The Morgan fingerprint density at radius 2 is 2.00 bits per heavy atom. The quantitative estimate of drug-likeness (QED) is 0.673. The summed E-state index contributed by atoms with van der Waals surface area (Å²) in [6.45, 7) is 6.41. The summed E-state index contributed by atoms with van der Waals surface area (Å²) >= 11 is 1.56. The third-order valence-electron chi connectivity index (χ3n) is 4.67. The van der Waals surface area contributed by atoms with Gasteiger partial charge in [-0.1, -0.05) is 0 Å². The highest BCUT2D eigenvalue weighted by atomic mass is 32.1. The summed E-state index contributed by atoms with van der Waals surface area (Å²) in [5, 5.41) is 7.98. The third kappa shape index (κ3) is 4.23. The van der Waals surface area contributed by atoms with Crippen molar-refractivity contribution in [1.29, 1.82) is 0 Å². The largest absolute Gasteiger partial charge is 0.475 e. The first-order valence-corrected chi connectivity index (χ1v) is 9.85. The molecule has 0 saturated carbocycles. The molecule has 1 saturated heterocycles. The molecular weight excluding hydrogens is 362 g/mol. The number of amides is 1. The highest BCUT2D eigenvalue weighted by molar-refractivity contribution is 7.16. The molecule has 8 heteroatoms. The molecule has 1 amide bonds. The summed E-state index contributed by atoms with van der Waals surface area (Å²) in [7, 11) is 0. The first kappa shape index (κ1) is 17.8. The second-order valence-corrected chi connectivity index (χ2v) is 7.42. The molecule has 0 bridgehead atoms. The number of hydrogen-bond donors (Lipinski definition) is 0. The van der Waals surface area contributed by atoms with Crippen molar-refractivity contribution in [2.24, 2.45) is 0 Å². The van der Waals surface area contributed by atoms with E-state index >= 15 is 0 Å². The minimum Gasteiger partial charge on any atom is -0.475 e. The molecule has 27 heavy (non-hydrogen) atoms. The van der Waals surface area contributed by atoms with Crippen LogP contribution in [0.1, 0.15) is 16.1 Å². The van der Waals surface area contributed by atoms with Gasteiger partial charge in [-0.05, 0) is 31.2 Å².